The first-order chi connectivity index (χ1) is 9.38. The number of benzene rings is 1. The van der Waals surface area contributed by atoms with E-state index in [9.17, 15) is 4.79 Å². The molecule has 0 spiro atoms. The van der Waals surface area contributed by atoms with E-state index in [1.54, 1.807) is 11.3 Å². The fraction of sp³-hybridized carbons (Fsp3) is 0.235. The van der Waals surface area contributed by atoms with Gasteiger partial charge in [0.05, 0.1) is 0 Å². The van der Waals surface area contributed by atoms with Crippen LogP contribution in [0.5, 0.6) is 0 Å². The van der Waals surface area contributed by atoms with Crippen LogP contribution in [0.1, 0.15) is 36.8 Å². The highest BCUT2D eigenvalue weighted by molar-refractivity contribution is 7.11. The molecule has 0 saturated carbocycles. The number of hydrogen-bond donors (Lipinski definition) is 1. The average Bonchev–Trinajstić information content (AvgIpc) is 2.88. The molecule has 3 heteroatoms. The second kappa shape index (κ2) is 5.63. The van der Waals surface area contributed by atoms with Crippen molar-refractivity contribution in [1.82, 2.24) is 0 Å². The second-order valence-electron chi connectivity index (χ2n) is 5.70. The summed E-state index contributed by atoms with van der Waals surface area (Å²) < 4.78 is 0. The number of carboxylic acid groups (broad SMARTS) is 1. The van der Waals surface area contributed by atoms with Gasteiger partial charge >= 0.3 is 5.97 Å². The molecule has 0 aliphatic rings. The highest BCUT2D eigenvalue weighted by Crippen LogP contribution is 2.29. The summed E-state index contributed by atoms with van der Waals surface area (Å²) in [5, 5.41) is 11.0. The Morgan fingerprint density at radius 1 is 1.15 bits per heavy atom. The molecule has 0 unspecified atom stereocenters. The molecule has 0 radical (unpaired) electrons. The van der Waals surface area contributed by atoms with E-state index in [4.69, 9.17) is 5.11 Å². The zero-order chi connectivity index (χ0) is 14.8. The Kier molecular flexibility index (Phi) is 4.09. The normalized spacial score (nSPS) is 12.4. The van der Waals surface area contributed by atoms with E-state index in [-0.39, 0.29) is 5.41 Å². The molecule has 0 bridgehead atoms. The van der Waals surface area contributed by atoms with Gasteiger partial charge in [0.2, 0.25) is 0 Å². The molecule has 104 valence electrons. The fourth-order valence-electron chi connectivity index (χ4n) is 2.00. The zero-order valence-electron chi connectivity index (χ0n) is 11.9. The van der Waals surface area contributed by atoms with Gasteiger partial charge in [-0.2, -0.15) is 0 Å². The van der Waals surface area contributed by atoms with Crippen molar-refractivity contribution in [3.63, 3.8) is 0 Å². The van der Waals surface area contributed by atoms with Crippen LogP contribution in [0, 0.1) is 0 Å². The SMILES string of the molecule is CC(C)(C)c1ccc(/C(=C\C(=O)O)c2cccs2)cc1. The van der Waals surface area contributed by atoms with Gasteiger partial charge in [-0.25, -0.2) is 4.79 Å². The van der Waals surface area contributed by atoms with Gasteiger partial charge in [-0.3, -0.25) is 0 Å². The smallest absolute Gasteiger partial charge is 0.328 e. The maximum Gasteiger partial charge on any atom is 0.328 e. The first kappa shape index (κ1) is 14.5. The van der Waals surface area contributed by atoms with Gasteiger partial charge in [0, 0.05) is 16.5 Å². The van der Waals surface area contributed by atoms with E-state index in [0.29, 0.717) is 0 Å². The summed E-state index contributed by atoms with van der Waals surface area (Å²) in [7, 11) is 0. The molecule has 0 fully saturated rings. The van der Waals surface area contributed by atoms with Gasteiger partial charge < -0.3 is 5.11 Å². The van der Waals surface area contributed by atoms with Crippen molar-refractivity contribution < 1.29 is 9.90 Å². The van der Waals surface area contributed by atoms with E-state index in [0.717, 1.165) is 16.0 Å². The molecule has 1 aromatic heterocycles. The lowest BCUT2D eigenvalue weighted by Crippen LogP contribution is -2.10. The molecular formula is C17H18O2S. The lowest BCUT2D eigenvalue weighted by Gasteiger charge is -2.19. The van der Waals surface area contributed by atoms with Crippen LogP contribution in [0.4, 0.5) is 0 Å². The predicted octanol–water partition coefficient (Wildman–Crippen LogP) is 4.56. The topological polar surface area (TPSA) is 37.3 Å². The largest absolute Gasteiger partial charge is 0.478 e. The van der Waals surface area contributed by atoms with Crippen LogP contribution in [0.15, 0.2) is 47.9 Å². The van der Waals surface area contributed by atoms with Crippen LogP contribution in [-0.4, -0.2) is 11.1 Å². The van der Waals surface area contributed by atoms with Gasteiger partial charge in [0.25, 0.3) is 0 Å². The summed E-state index contributed by atoms with van der Waals surface area (Å²) in [5.41, 5.74) is 3.02. The van der Waals surface area contributed by atoms with Gasteiger partial charge in [0.1, 0.15) is 0 Å². The van der Waals surface area contributed by atoms with E-state index < -0.39 is 5.97 Å². The zero-order valence-corrected chi connectivity index (χ0v) is 12.7. The van der Waals surface area contributed by atoms with Crippen LogP contribution in [0.25, 0.3) is 5.57 Å². The summed E-state index contributed by atoms with van der Waals surface area (Å²) in [4.78, 5) is 12.0. The predicted molar refractivity (Wildman–Crippen MR) is 84.2 cm³/mol. The Hall–Kier alpha value is -1.87. The average molecular weight is 286 g/mol. The Bertz CT molecular complexity index is 614. The number of thiophene rings is 1. The first-order valence-electron chi connectivity index (χ1n) is 6.47. The Morgan fingerprint density at radius 2 is 1.80 bits per heavy atom. The summed E-state index contributed by atoms with van der Waals surface area (Å²) >= 11 is 1.55. The minimum Gasteiger partial charge on any atom is -0.478 e. The van der Waals surface area contributed by atoms with E-state index in [2.05, 4.69) is 32.9 Å². The summed E-state index contributed by atoms with van der Waals surface area (Å²) in [6.07, 6.45) is 1.28. The van der Waals surface area contributed by atoms with Crippen LogP contribution < -0.4 is 0 Å². The van der Waals surface area contributed by atoms with Crippen LogP contribution >= 0.6 is 11.3 Å². The van der Waals surface area contributed by atoms with Gasteiger partial charge in [-0.05, 0) is 28.0 Å². The molecule has 20 heavy (non-hydrogen) atoms. The number of rotatable bonds is 3. The van der Waals surface area contributed by atoms with Gasteiger partial charge in [0.15, 0.2) is 0 Å². The van der Waals surface area contributed by atoms with Crippen molar-refractivity contribution in [1.29, 1.82) is 0 Å². The van der Waals surface area contributed by atoms with Gasteiger partial charge in [-0.15, -0.1) is 11.3 Å². The Labute approximate surface area is 123 Å². The summed E-state index contributed by atoms with van der Waals surface area (Å²) in [6.45, 7) is 6.49. The quantitative estimate of drug-likeness (QED) is 0.840. The first-order valence-corrected chi connectivity index (χ1v) is 7.35. The molecule has 1 aromatic carbocycles. The van der Waals surface area contributed by atoms with Crippen LogP contribution in [-0.2, 0) is 10.2 Å². The Balaban J connectivity index is 2.43. The molecule has 0 saturated heterocycles. The van der Waals surface area contributed by atoms with Crippen molar-refractivity contribution in [2.75, 3.05) is 0 Å². The monoisotopic (exact) mass is 286 g/mol. The van der Waals surface area contributed by atoms with Crippen molar-refractivity contribution in [2.24, 2.45) is 0 Å². The molecule has 0 aliphatic carbocycles. The van der Waals surface area contributed by atoms with Crippen molar-refractivity contribution in [2.45, 2.75) is 26.2 Å². The molecule has 0 aliphatic heterocycles. The minimum atomic E-state index is -0.923. The number of hydrogen-bond acceptors (Lipinski definition) is 2. The van der Waals surface area contributed by atoms with Crippen molar-refractivity contribution >= 4 is 22.9 Å². The number of aliphatic carboxylic acids is 1. The van der Waals surface area contributed by atoms with E-state index >= 15 is 0 Å². The molecule has 1 heterocycles. The van der Waals surface area contributed by atoms with Crippen molar-refractivity contribution in [3.8, 4) is 0 Å². The standard InChI is InChI=1S/C17H18O2S/c1-17(2,3)13-8-6-12(7-9-13)14(11-16(18)19)15-5-4-10-20-15/h4-11H,1-3H3,(H,18,19)/b14-11+. The van der Waals surface area contributed by atoms with Gasteiger partial charge in [-0.1, -0.05) is 51.1 Å². The summed E-state index contributed by atoms with van der Waals surface area (Å²) in [6, 6.07) is 12.0. The third-order valence-electron chi connectivity index (χ3n) is 3.12. The molecule has 1 N–H and O–H groups in total. The fourth-order valence-corrected chi connectivity index (χ4v) is 2.77. The second-order valence-corrected chi connectivity index (χ2v) is 6.65. The molecule has 0 atom stereocenters. The minimum absolute atomic E-state index is 0.0954. The maximum absolute atomic E-state index is 11.0. The van der Waals surface area contributed by atoms with E-state index in [1.807, 2.05) is 29.6 Å². The molecule has 0 amide bonds. The number of carbonyl (C=O) groups is 1. The third-order valence-corrected chi connectivity index (χ3v) is 4.02. The summed E-state index contributed by atoms with van der Waals surface area (Å²) in [5.74, 6) is -0.923. The maximum atomic E-state index is 11.0. The van der Waals surface area contributed by atoms with Crippen LogP contribution in [0.2, 0.25) is 0 Å². The highest BCUT2D eigenvalue weighted by atomic mass is 32.1. The molecule has 2 nitrogen and oxygen atoms in total. The van der Waals surface area contributed by atoms with E-state index in [1.165, 1.54) is 11.6 Å². The molecular weight excluding hydrogens is 268 g/mol. The molecule has 2 rings (SSSR count). The Morgan fingerprint density at radius 3 is 2.25 bits per heavy atom. The third kappa shape index (κ3) is 3.36. The van der Waals surface area contributed by atoms with Crippen molar-refractivity contribution in [3.05, 3.63) is 63.9 Å². The lowest BCUT2D eigenvalue weighted by atomic mass is 9.86. The van der Waals surface area contributed by atoms with Crippen LogP contribution in [0.3, 0.4) is 0 Å². The molecule has 2 aromatic rings. The lowest BCUT2D eigenvalue weighted by molar-refractivity contribution is -0.131. The number of carboxylic acids is 1. The highest BCUT2D eigenvalue weighted by Gasteiger charge is 2.14.